The van der Waals surface area contributed by atoms with Gasteiger partial charge in [-0.2, -0.15) is 5.10 Å². The molecule has 0 aromatic carbocycles. The van der Waals surface area contributed by atoms with Gasteiger partial charge in [-0.15, -0.1) is 0 Å². The summed E-state index contributed by atoms with van der Waals surface area (Å²) in [5.74, 6) is 0.964. The van der Waals surface area contributed by atoms with E-state index >= 15 is 0 Å². The van der Waals surface area contributed by atoms with Crippen molar-refractivity contribution in [3.8, 4) is 0 Å². The summed E-state index contributed by atoms with van der Waals surface area (Å²) in [6.07, 6.45) is 6.52. The van der Waals surface area contributed by atoms with Crippen LogP contribution in [0.4, 0.5) is 5.82 Å². The zero-order valence-corrected chi connectivity index (χ0v) is 22.4. The molecule has 5 rings (SSSR count). The molecule has 1 aliphatic carbocycles. The van der Waals surface area contributed by atoms with Crippen LogP contribution in [-0.2, 0) is 17.4 Å². The SMILES string of the molecule is Cc1nc(N2CCC3(CC2)Cc2cnc(Cl)cc2[C@H]3N[S@](=O)C(C)(C)C)c2ccnn2c1Br. The van der Waals surface area contributed by atoms with E-state index in [-0.39, 0.29) is 16.2 Å². The number of anilines is 1. The van der Waals surface area contributed by atoms with E-state index in [1.54, 1.807) is 0 Å². The number of pyridine rings is 1. The predicted molar refractivity (Wildman–Crippen MR) is 136 cm³/mol. The van der Waals surface area contributed by atoms with Crippen LogP contribution in [-0.4, -0.2) is 41.6 Å². The van der Waals surface area contributed by atoms with E-state index < -0.39 is 11.0 Å². The summed E-state index contributed by atoms with van der Waals surface area (Å²) in [4.78, 5) is 11.6. The van der Waals surface area contributed by atoms with Crippen molar-refractivity contribution in [2.45, 2.75) is 57.7 Å². The van der Waals surface area contributed by atoms with E-state index in [1.807, 2.05) is 56.7 Å². The minimum absolute atomic E-state index is 0.0233. The lowest BCUT2D eigenvalue weighted by atomic mass is 9.73. The van der Waals surface area contributed by atoms with Crippen molar-refractivity contribution in [1.82, 2.24) is 24.3 Å². The number of nitrogens with zero attached hydrogens (tertiary/aromatic N) is 5. The summed E-state index contributed by atoms with van der Waals surface area (Å²) in [5.41, 5.74) is 4.21. The number of aryl methyl sites for hydroxylation is 1. The molecule has 3 aromatic rings. The molecule has 0 saturated carbocycles. The van der Waals surface area contributed by atoms with Gasteiger partial charge in [-0.25, -0.2) is 23.4 Å². The molecule has 0 unspecified atom stereocenters. The molecule has 0 amide bonds. The fraction of sp³-hybridized carbons (Fsp3) is 0.522. The topological polar surface area (TPSA) is 75.4 Å². The highest BCUT2D eigenvalue weighted by Crippen LogP contribution is 2.53. The Balaban J connectivity index is 1.46. The third-order valence-electron chi connectivity index (χ3n) is 6.92. The number of halogens is 2. The Kier molecular flexibility index (Phi) is 5.83. The minimum Gasteiger partial charge on any atom is -0.355 e. The molecule has 4 heterocycles. The minimum atomic E-state index is -1.19. The highest BCUT2D eigenvalue weighted by molar-refractivity contribution is 9.10. The molecule has 33 heavy (non-hydrogen) atoms. The highest BCUT2D eigenvalue weighted by Gasteiger charge is 2.49. The van der Waals surface area contributed by atoms with Crippen molar-refractivity contribution in [3.63, 3.8) is 0 Å². The van der Waals surface area contributed by atoms with Crippen molar-refractivity contribution in [2.24, 2.45) is 5.41 Å². The lowest BCUT2D eigenvalue weighted by Crippen LogP contribution is -2.48. The van der Waals surface area contributed by atoms with Gasteiger partial charge < -0.3 is 4.90 Å². The van der Waals surface area contributed by atoms with Gasteiger partial charge in [0.25, 0.3) is 0 Å². The largest absolute Gasteiger partial charge is 0.355 e. The number of piperidine rings is 1. The van der Waals surface area contributed by atoms with Crippen LogP contribution >= 0.6 is 27.5 Å². The Morgan fingerprint density at radius 2 is 2.03 bits per heavy atom. The average Bonchev–Trinajstić information content (AvgIpc) is 3.35. The molecule has 1 fully saturated rings. The zero-order chi connectivity index (χ0) is 23.5. The average molecular weight is 552 g/mol. The van der Waals surface area contributed by atoms with Crippen LogP contribution in [0.25, 0.3) is 5.52 Å². The van der Waals surface area contributed by atoms with Crippen LogP contribution < -0.4 is 9.62 Å². The second-order valence-electron chi connectivity index (χ2n) is 10.1. The van der Waals surface area contributed by atoms with Gasteiger partial charge in [0.2, 0.25) is 0 Å². The van der Waals surface area contributed by atoms with Crippen LogP contribution in [0.3, 0.4) is 0 Å². The lowest BCUT2D eigenvalue weighted by Gasteiger charge is -2.44. The zero-order valence-electron chi connectivity index (χ0n) is 19.2. The van der Waals surface area contributed by atoms with E-state index in [2.05, 4.69) is 35.6 Å². The third kappa shape index (κ3) is 4.00. The Hall–Kier alpha value is -1.55. The quantitative estimate of drug-likeness (QED) is 0.474. The Morgan fingerprint density at radius 3 is 2.73 bits per heavy atom. The molecule has 0 radical (unpaired) electrons. The summed E-state index contributed by atoms with van der Waals surface area (Å²) in [6, 6.07) is 3.93. The molecule has 2 aliphatic rings. The molecular weight excluding hydrogens is 524 g/mol. The van der Waals surface area contributed by atoms with Crippen LogP contribution in [0.2, 0.25) is 5.15 Å². The molecule has 2 atom stereocenters. The molecule has 1 spiro atoms. The van der Waals surface area contributed by atoms with E-state index in [0.717, 1.165) is 59.5 Å². The number of aromatic nitrogens is 4. The molecule has 1 saturated heterocycles. The summed E-state index contributed by atoms with van der Waals surface area (Å²) < 4.78 is 19.0. The number of fused-ring (bicyclic) bond motifs is 2. The number of hydrogen-bond donors (Lipinski definition) is 1. The van der Waals surface area contributed by atoms with E-state index in [0.29, 0.717) is 5.15 Å². The van der Waals surface area contributed by atoms with Crippen LogP contribution in [0.15, 0.2) is 29.1 Å². The first kappa shape index (κ1) is 23.2. The highest BCUT2D eigenvalue weighted by atomic mass is 79.9. The van der Waals surface area contributed by atoms with Gasteiger partial charge in [-0.1, -0.05) is 11.6 Å². The second-order valence-corrected chi connectivity index (χ2v) is 13.2. The fourth-order valence-corrected chi connectivity index (χ4v) is 6.56. The summed E-state index contributed by atoms with van der Waals surface area (Å²) in [5, 5.41) is 4.93. The van der Waals surface area contributed by atoms with Crippen LogP contribution in [0.1, 0.15) is 56.5 Å². The second kappa shape index (κ2) is 8.29. The maximum absolute atomic E-state index is 13.1. The van der Waals surface area contributed by atoms with Crippen molar-refractivity contribution in [1.29, 1.82) is 0 Å². The molecule has 10 heteroatoms. The molecule has 7 nitrogen and oxygen atoms in total. The van der Waals surface area contributed by atoms with Gasteiger partial charge in [0.15, 0.2) is 5.82 Å². The standard InChI is InChI=1S/C23H28BrClN6OS/c1-14-20(24)31-17(5-8-27-31)21(28-14)30-9-6-23(7-10-30)12-15-13-26-18(25)11-16(15)19(23)29-33(32)22(2,3)4/h5,8,11,13,19,29H,6-7,9-10,12H2,1-4H3/t19-,33-/m1/s1. The van der Waals surface area contributed by atoms with E-state index in [4.69, 9.17) is 16.6 Å². The molecular formula is C23H28BrClN6OS. The summed E-state index contributed by atoms with van der Waals surface area (Å²) in [7, 11) is -1.19. The first-order valence-electron chi connectivity index (χ1n) is 11.2. The monoisotopic (exact) mass is 550 g/mol. The maximum Gasteiger partial charge on any atom is 0.155 e. The molecule has 3 aromatic heterocycles. The van der Waals surface area contributed by atoms with Crippen molar-refractivity contribution < 1.29 is 4.21 Å². The third-order valence-corrected chi connectivity index (χ3v) is 9.60. The van der Waals surface area contributed by atoms with E-state index in [9.17, 15) is 4.21 Å². The Bertz CT molecular complexity index is 1250. The van der Waals surface area contributed by atoms with Gasteiger partial charge in [-0.05, 0) is 91.6 Å². The molecule has 1 N–H and O–H groups in total. The number of hydrogen-bond acceptors (Lipinski definition) is 5. The smallest absolute Gasteiger partial charge is 0.155 e. The maximum atomic E-state index is 13.1. The predicted octanol–water partition coefficient (Wildman–Crippen LogP) is 4.78. The van der Waals surface area contributed by atoms with Crippen LogP contribution in [0.5, 0.6) is 0 Å². The number of rotatable bonds is 3. The normalized spacial score (nSPS) is 21.0. The fourth-order valence-electron chi connectivity index (χ4n) is 5.08. The first-order chi connectivity index (χ1) is 15.6. The first-order valence-corrected chi connectivity index (χ1v) is 13.5. The molecule has 176 valence electrons. The Labute approximate surface area is 210 Å². The lowest BCUT2D eigenvalue weighted by molar-refractivity contribution is 0.177. The Morgan fingerprint density at radius 1 is 1.30 bits per heavy atom. The summed E-state index contributed by atoms with van der Waals surface area (Å²) >= 11 is 9.88. The van der Waals surface area contributed by atoms with Crippen molar-refractivity contribution in [2.75, 3.05) is 18.0 Å². The van der Waals surface area contributed by atoms with Crippen molar-refractivity contribution in [3.05, 3.63) is 51.1 Å². The van der Waals surface area contributed by atoms with Gasteiger partial charge >= 0.3 is 0 Å². The van der Waals surface area contributed by atoms with Gasteiger partial charge in [0.05, 0.1) is 33.7 Å². The van der Waals surface area contributed by atoms with Gasteiger partial charge in [-0.3, -0.25) is 0 Å². The summed E-state index contributed by atoms with van der Waals surface area (Å²) in [6.45, 7) is 9.72. The van der Waals surface area contributed by atoms with Gasteiger partial charge in [0.1, 0.15) is 15.3 Å². The molecule has 0 bridgehead atoms. The van der Waals surface area contributed by atoms with Crippen LogP contribution in [0, 0.1) is 12.3 Å². The number of nitrogens with one attached hydrogen (secondary N) is 1. The van der Waals surface area contributed by atoms with E-state index in [1.165, 1.54) is 5.56 Å². The van der Waals surface area contributed by atoms with Gasteiger partial charge in [0, 0.05) is 19.3 Å². The van der Waals surface area contributed by atoms with Crippen molar-refractivity contribution >= 4 is 49.9 Å². The molecule has 1 aliphatic heterocycles.